The van der Waals surface area contributed by atoms with Crippen molar-refractivity contribution in [1.82, 2.24) is 15.5 Å². The zero-order valence-corrected chi connectivity index (χ0v) is 12.6. The second-order valence-electron chi connectivity index (χ2n) is 6.15. The maximum absolute atomic E-state index is 4.32. The molecule has 0 spiro atoms. The molecule has 1 aliphatic heterocycles. The van der Waals surface area contributed by atoms with Crippen LogP contribution in [0.3, 0.4) is 0 Å². The van der Waals surface area contributed by atoms with E-state index in [1.807, 2.05) is 7.05 Å². The Kier molecular flexibility index (Phi) is 5.95. The first kappa shape index (κ1) is 14.6. The number of nitrogens with one attached hydrogen (secondary N) is 2. The van der Waals surface area contributed by atoms with Crippen molar-refractivity contribution in [2.45, 2.75) is 51.5 Å². The van der Waals surface area contributed by atoms with Gasteiger partial charge in [-0.25, -0.2) is 0 Å². The summed E-state index contributed by atoms with van der Waals surface area (Å²) in [6.45, 7) is 7.02. The van der Waals surface area contributed by atoms with E-state index < -0.39 is 0 Å². The van der Waals surface area contributed by atoms with Crippen LogP contribution in [-0.2, 0) is 0 Å². The lowest BCUT2D eigenvalue weighted by molar-refractivity contribution is 0.195. The summed E-state index contributed by atoms with van der Waals surface area (Å²) in [6.07, 6.45) is 8.03. The molecule has 0 bridgehead atoms. The largest absolute Gasteiger partial charge is 0.355 e. The van der Waals surface area contributed by atoms with E-state index in [1.165, 1.54) is 51.6 Å². The predicted molar refractivity (Wildman–Crippen MR) is 81.6 cm³/mol. The number of hydrogen-bond acceptors (Lipinski definition) is 2. The highest BCUT2D eigenvalue weighted by Gasteiger charge is 2.17. The van der Waals surface area contributed by atoms with Gasteiger partial charge in [0.2, 0.25) is 0 Å². The normalized spacial score (nSPS) is 23.8. The summed E-state index contributed by atoms with van der Waals surface area (Å²) in [7, 11) is 1.87. The van der Waals surface area contributed by atoms with Gasteiger partial charge in [0.25, 0.3) is 0 Å². The molecule has 0 unspecified atom stereocenters. The van der Waals surface area contributed by atoms with Crippen molar-refractivity contribution in [2.75, 3.05) is 33.2 Å². The Hall–Kier alpha value is -0.770. The van der Waals surface area contributed by atoms with Gasteiger partial charge < -0.3 is 15.5 Å². The van der Waals surface area contributed by atoms with E-state index in [1.54, 1.807) is 0 Å². The molecule has 19 heavy (non-hydrogen) atoms. The molecular formula is C15H30N4. The van der Waals surface area contributed by atoms with Crippen LogP contribution in [0.1, 0.15) is 45.4 Å². The van der Waals surface area contributed by atoms with Gasteiger partial charge >= 0.3 is 0 Å². The number of nitrogens with zero attached hydrogens (tertiary/aromatic N) is 2. The van der Waals surface area contributed by atoms with E-state index in [-0.39, 0.29) is 0 Å². The lowest BCUT2D eigenvalue weighted by atomic mass is 9.99. The van der Waals surface area contributed by atoms with Gasteiger partial charge in [0.1, 0.15) is 0 Å². The second kappa shape index (κ2) is 7.73. The van der Waals surface area contributed by atoms with Crippen LogP contribution < -0.4 is 10.6 Å². The molecule has 1 saturated carbocycles. The lowest BCUT2D eigenvalue weighted by Crippen LogP contribution is -2.45. The van der Waals surface area contributed by atoms with Crippen LogP contribution in [0.5, 0.6) is 0 Å². The van der Waals surface area contributed by atoms with Crippen LogP contribution in [0.2, 0.25) is 0 Å². The maximum Gasteiger partial charge on any atom is 0.191 e. The van der Waals surface area contributed by atoms with Crippen molar-refractivity contribution in [3.63, 3.8) is 0 Å². The van der Waals surface area contributed by atoms with E-state index in [0.717, 1.165) is 25.0 Å². The molecule has 1 aliphatic carbocycles. The Labute approximate surface area is 118 Å². The summed E-state index contributed by atoms with van der Waals surface area (Å²) < 4.78 is 0. The van der Waals surface area contributed by atoms with E-state index in [0.29, 0.717) is 6.04 Å². The Bertz CT molecular complexity index is 276. The van der Waals surface area contributed by atoms with Crippen molar-refractivity contribution in [2.24, 2.45) is 10.9 Å². The highest BCUT2D eigenvalue weighted by molar-refractivity contribution is 5.79. The molecule has 0 aromatic heterocycles. The third-order valence-corrected chi connectivity index (χ3v) is 4.52. The van der Waals surface area contributed by atoms with Crippen LogP contribution in [0.15, 0.2) is 4.99 Å². The molecule has 0 aromatic carbocycles. The fourth-order valence-electron chi connectivity index (χ4n) is 3.08. The van der Waals surface area contributed by atoms with E-state index in [4.69, 9.17) is 0 Å². The van der Waals surface area contributed by atoms with E-state index in [2.05, 4.69) is 27.4 Å². The highest BCUT2D eigenvalue weighted by atomic mass is 15.2. The number of rotatable bonds is 4. The molecule has 2 aliphatic rings. The molecule has 0 atom stereocenters. The van der Waals surface area contributed by atoms with Crippen LogP contribution in [0.25, 0.3) is 0 Å². The highest BCUT2D eigenvalue weighted by Crippen LogP contribution is 2.17. The number of hydrogen-bond donors (Lipinski definition) is 2. The zero-order valence-electron chi connectivity index (χ0n) is 12.6. The van der Waals surface area contributed by atoms with Crippen molar-refractivity contribution in [3.05, 3.63) is 0 Å². The minimum Gasteiger partial charge on any atom is -0.355 e. The summed E-state index contributed by atoms with van der Waals surface area (Å²) in [5.41, 5.74) is 0. The van der Waals surface area contributed by atoms with Crippen LogP contribution in [0.4, 0.5) is 0 Å². The van der Waals surface area contributed by atoms with Crippen LogP contribution in [0, 0.1) is 5.92 Å². The Balaban J connectivity index is 1.60. The van der Waals surface area contributed by atoms with Crippen molar-refractivity contribution in [1.29, 1.82) is 0 Å². The molecule has 4 nitrogen and oxygen atoms in total. The summed E-state index contributed by atoms with van der Waals surface area (Å²) in [5.74, 6) is 1.90. The number of aliphatic imine (C=N–C) groups is 1. The molecule has 0 aromatic rings. The van der Waals surface area contributed by atoms with E-state index >= 15 is 0 Å². The maximum atomic E-state index is 4.32. The summed E-state index contributed by atoms with van der Waals surface area (Å²) >= 11 is 0. The van der Waals surface area contributed by atoms with Gasteiger partial charge in [0.05, 0.1) is 0 Å². The molecule has 4 heteroatoms. The fraction of sp³-hybridized carbons (Fsp3) is 0.933. The third-order valence-electron chi connectivity index (χ3n) is 4.52. The van der Waals surface area contributed by atoms with Gasteiger partial charge in [-0.2, -0.15) is 0 Å². The molecule has 2 N–H and O–H groups in total. The van der Waals surface area contributed by atoms with Crippen LogP contribution >= 0.6 is 0 Å². The van der Waals surface area contributed by atoms with E-state index in [9.17, 15) is 0 Å². The average Bonchev–Trinajstić information content (AvgIpc) is 2.93. The van der Waals surface area contributed by atoms with Crippen molar-refractivity contribution >= 4 is 5.96 Å². The molecule has 0 amide bonds. The van der Waals surface area contributed by atoms with Gasteiger partial charge in [-0.05, 0) is 44.7 Å². The van der Waals surface area contributed by atoms with Gasteiger partial charge in [-0.1, -0.05) is 19.8 Å². The number of likely N-dealkylation sites (tertiary alicyclic amines) is 1. The Morgan fingerprint density at radius 3 is 2.47 bits per heavy atom. The molecule has 2 rings (SSSR count). The minimum atomic E-state index is 0.641. The first-order valence-corrected chi connectivity index (χ1v) is 7.97. The smallest absolute Gasteiger partial charge is 0.191 e. The predicted octanol–water partition coefficient (Wildman–Crippen LogP) is 1.83. The second-order valence-corrected chi connectivity index (χ2v) is 6.15. The van der Waals surface area contributed by atoms with Gasteiger partial charge in [0, 0.05) is 26.2 Å². The van der Waals surface area contributed by atoms with Gasteiger partial charge in [-0.3, -0.25) is 4.99 Å². The zero-order chi connectivity index (χ0) is 13.5. The minimum absolute atomic E-state index is 0.641. The molecular weight excluding hydrogens is 236 g/mol. The van der Waals surface area contributed by atoms with Gasteiger partial charge in [-0.15, -0.1) is 0 Å². The fourth-order valence-corrected chi connectivity index (χ4v) is 3.08. The standard InChI is InChI=1S/C15H30N4/c1-13-7-10-19(11-8-13)12-9-17-15(16-2)18-14-5-3-4-6-14/h13-14H,3-12H2,1-2H3,(H2,16,17,18). The summed E-state index contributed by atoms with van der Waals surface area (Å²) in [4.78, 5) is 6.89. The Morgan fingerprint density at radius 1 is 1.16 bits per heavy atom. The SMILES string of the molecule is CN=C(NCCN1CCC(C)CC1)NC1CCCC1. The molecule has 0 radical (unpaired) electrons. The summed E-state index contributed by atoms with van der Waals surface area (Å²) in [5, 5.41) is 6.98. The lowest BCUT2D eigenvalue weighted by Gasteiger charge is -2.30. The molecule has 1 heterocycles. The topological polar surface area (TPSA) is 39.7 Å². The molecule has 110 valence electrons. The first-order valence-electron chi connectivity index (χ1n) is 7.97. The number of piperidine rings is 1. The average molecular weight is 266 g/mol. The van der Waals surface area contributed by atoms with Gasteiger partial charge in [0.15, 0.2) is 5.96 Å². The monoisotopic (exact) mass is 266 g/mol. The Morgan fingerprint density at radius 2 is 1.84 bits per heavy atom. The third kappa shape index (κ3) is 5.01. The quantitative estimate of drug-likeness (QED) is 0.602. The molecule has 2 fully saturated rings. The van der Waals surface area contributed by atoms with Crippen LogP contribution in [-0.4, -0.2) is 50.1 Å². The first-order chi connectivity index (χ1) is 9.28. The number of guanidine groups is 1. The molecule has 1 saturated heterocycles. The summed E-state index contributed by atoms with van der Waals surface area (Å²) in [6, 6.07) is 0.641. The van der Waals surface area contributed by atoms with Crippen molar-refractivity contribution < 1.29 is 0 Å². The van der Waals surface area contributed by atoms with Crippen molar-refractivity contribution in [3.8, 4) is 0 Å².